The number of benzene rings is 1. The van der Waals surface area contributed by atoms with E-state index in [1.165, 1.54) is 12.3 Å². The Labute approximate surface area is 233 Å². The molecule has 0 saturated carbocycles. The Bertz CT molecular complexity index is 1570. The third-order valence-corrected chi connectivity index (χ3v) is 7.06. The van der Waals surface area contributed by atoms with Gasteiger partial charge >= 0.3 is 5.97 Å². The number of amides is 1. The number of aryl methyl sites for hydroxylation is 1. The smallest absolute Gasteiger partial charge is 0.339 e. The highest BCUT2D eigenvalue weighted by Gasteiger charge is 2.21. The molecule has 0 spiro atoms. The van der Waals surface area contributed by atoms with Crippen molar-refractivity contribution in [1.29, 1.82) is 0 Å². The number of esters is 1. The van der Waals surface area contributed by atoms with E-state index < -0.39 is 5.97 Å². The standard InChI is InChI=1S/C31H34N6O3/c1-6-27(38)34-25-16-21(8-7-20(25)4)28-24-15-23(31(39)40-19(2)3)18-33-30(24)35-29(28)22-9-10-26(32-17-22)37-13-11-36(5)12-14-37/h6-10,15-19H,1,11-14H2,2-5H3,(H,33,35)(H,34,38). The topological polar surface area (TPSA) is 103 Å². The van der Waals surface area contributed by atoms with Crippen LogP contribution in [-0.4, -0.2) is 71.1 Å². The molecule has 1 aliphatic rings. The summed E-state index contributed by atoms with van der Waals surface area (Å²) in [4.78, 5) is 42.3. The van der Waals surface area contributed by atoms with E-state index in [0.717, 1.165) is 65.3 Å². The van der Waals surface area contributed by atoms with Crippen LogP contribution >= 0.6 is 0 Å². The number of hydrogen-bond donors (Lipinski definition) is 2. The maximum Gasteiger partial charge on any atom is 0.339 e. The predicted molar refractivity (Wildman–Crippen MR) is 159 cm³/mol. The normalized spacial score (nSPS) is 14.0. The Kier molecular flexibility index (Phi) is 7.66. The summed E-state index contributed by atoms with van der Waals surface area (Å²) in [6.45, 7) is 13.0. The van der Waals surface area contributed by atoms with Crippen molar-refractivity contribution in [3.05, 3.63) is 72.6 Å². The molecule has 9 nitrogen and oxygen atoms in total. The number of fused-ring (bicyclic) bond motifs is 1. The van der Waals surface area contributed by atoms with Gasteiger partial charge in [0.15, 0.2) is 0 Å². The average molecular weight is 539 g/mol. The van der Waals surface area contributed by atoms with E-state index in [1.807, 2.05) is 51.2 Å². The number of aromatic amines is 1. The fourth-order valence-electron chi connectivity index (χ4n) is 4.83. The zero-order chi connectivity index (χ0) is 28.4. The van der Waals surface area contributed by atoms with Gasteiger partial charge in [0.2, 0.25) is 5.91 Å². The molecule has 40 heavy (non-hydrogen) atoms. The van der Waals surface area contributed by atoms with E-state index in [0.29, 0.717) is 16.9 Å². The van der Waals surface area contributed by atoms with Gasteiger partial charge in [-0.05, 0) is 69.3 Å². The first-order chi connectivity index (χ1) is 19.2. The van der Waals surface area contributed by atoms with Crippen LogP contribution in [0.2, 0.25) is 0 Å². The zero-order valence-electron chi connectivity index (χ0n) is 23.3. The van der Waals surface area contributed by atoms with Crippen LogP contribution in [0.15, 0.2) is 61.4 Å². The summed E-state index contributed by atoms with van der Waals surface area (Å²) in [7, 11) is 2.13. The highest BCUT2D eigenvalue weighted by atomic mass is 16.5. The maximum atomic E-state index is 12.7. The van der Waals surface area contributed by atoms with Crippen molar-refractivity contribution >= 4 is 34.4 Å². The molecule has 4 heterocycles. The highest BCUT2D eigenvalue weighted by molar-refractivity contribution is 6.06. The second-order valence-electron chi connectivity index (χ2n) is 10.4. The van der Waals surface area contributed by atoms with Gasteiger partial charge in [-0.25, -0.2) is 14.8 Å². The summed E-state index contributed by atoms with van der Waals surface area (Å²) in [5.41, 5.74) is 5.99. The predicted octanol–water partition coefficient (Wildman–Crippen LogP) is 5.04. The number of pyridine rings is 2. The molecule has 1 amide bonds. The van der Waals surface area contributed by atoms with Crippen molar-refractivity contribution < 1.29 is 14.3 Å². The quantitative estimate of drug-likeness (QED) is 0.251. The number of anilines is 2. The third kappa shape index (κ3) is 5.60. The van der Waals surface area contributed by atoms with Crippen molar-refractivity contribution in [2.45, 2.75) is 26.9 Å². The number of aromatic nitrogens is 3. The number of nitrogens with zero attached hydrogens (tertiary/aromatic N) is 4. The van der Waals surface area contributed by atoms with Crippen LogP contribution in [0.3, 0.4) is 0 Å². The van der Waals surface area contributed by atoms with Crippen LogP contribution in [-0.2, 0) is 9.53 Å². The molecule has 0 radical (unpaired) electrons. The van der Waals surface area contributed by atoms with Gasteiger partial charge in [-0.1, -0.05) is 18.7 Å². The van der Waals surface area contributed by atoms with E-state index in [2.05, 4.69) is 44.8 Å². The SMILES string of the molecule is C=CC(=O)Nc1cc(-c2c(-c3ccc(N4CCN(C)CC4)nc3)[nH]c3ncc(C(=O)OC(C)C)cc23)ccc1C. The van der Waals surface area contributed by atoms with E-state index in [4.69, 9.17) is 9.72 Å². The van der Waals surface area contributed by atoms with Gasteiger partial charge in [0.05, 0.1) is 17.4 Å². The van der Waals surface area contributed by atoms with E-state index in [-0.39, 0.29) is 12.0 Å². The second kappa shape index (κ2) is 11.3. The molecular weight excluding hydrogens is 504 g/mol. The van der Waals surface area contributed by atoms with Crippen molar-refractivity contribution in [2.75, 3.05) is 43.4 Å². The second-order valence-corrected chi connectivity index (χ2v) is 10.4. The Morgan fingerprint density at radius 1 is 1.05 bits per heavy atom. The monoisotopic (exact) mass is 538 g/mol. The summed E-state index contributed by atoms with van der Waals surface area (Å²) < 4.78 is 5.43. The van der Waals surface area contributed by atoms with Gasteiger partial charge < -0.3 is 24.8 Å². The van der Waals surface area contributed by atoms with Gasteiger partial charge in [-0.3, -0.25) is 4.79 Å². The number of H-pyrrole nitrogens is 1. The van der Waals surface area contributed by atoms with Gasteiger partial charge in [0, 0.05) is 60.8 Å². The Morgan fingerprint density at radius 2 is 1.80 bits per heavy atom. The molecule has 0 aliphatic carbocycles. The molecule has 206 valence electrons. The zero-order valence-corrected chi connectivity index (χ0v) is 23.3. The van der Waals surface area contributed by atoms with Crippen molar-refractivity contribution in [3.63, 3.8) is 0 Å². The Morgan fingerprint density at radius 3 is 2.48 bits per heavy atom. The van der Waals surface area contributed by atoms with Crippen LogP contribution in [0.4, 0.5) is 11.5 Å². The first-order valence-electron chi connectivity index (χ1n) is 13.4. The largest absolute Gasteiger partial charge is 0.459 e. The molecule has 4 aromatic rings. The lowest BCUT2D eigenvalue weighted by Gasteiger charge is -2.33. The van der Waals surface area contributed by atoms with Crippen LogP contribution in [0.5, 0.6) is 0 Å². The fraction of sp³-hybridized carbons (Fsp3) is 0.290. The van der Waals surface area contributed by atoms with Gasteiger partial charge in [-0.2, -0.15) is 0 Å². The summed E-state index contributed by atoms with van der Waals surface area (Å²) in [5, 5.41) is 3.65. The molecule has 0 bridgehead atoms. The molecule has 1 saturated heterocycles. The lowest BCUT2D eigenvalue weighted by Crippen LogP contribution is -2.44. The number of carbonyl (C=O) groups excluding carboxylic acids is 2. The third-order valence-electron chi connectivity index (χ3n) is 7.06. The molecule has 1 aliphatic heterocycles. The Balaban J connectivity index is 1.62. The van der Waals surface area contributed by atoms with Crippen molar-refractivity contribution in [3.8, 4) is 22.4 Å². The number of likely N-dealkylation sites (N-methyl/N-ethyl adjacent to an activating group) is 1. The molecular formula is C31H34N6O3. The number of nitrogens with one attached hydrogen (secondary N) is 2. The molecule has 3 aromatic heterocycles. The number of piperazine rings is 1. The molecule has 5 rings (SSSR count). The van der Waals surface area contributed by atoms with Crippen LogP contribution in [0, 0.1) is 6.92 Å². The molecule has 1 aromatic carbocycles. The first-order valence-corrected chi connectivity index (χ1v) is 13.4. The van der Waals surface area contributed by atoms with E-state index in [9.17, 15) is 9.59 Å². The van der Waals surface area contributed by atoms with E-state index >= 15 is 0 Å². The lowest BCUT2D eigenvalue weighted by molar-refractivity contribution is -0.111. The number of ether oxygens (including phenoxy) is 1. The minimum absolute atomic E-state index is 0.248. The number of carbonyl (C=O) groups is 2. The van der Waals surface area contributed by atoms with Crippen LogP contribution in [0.1, 0.15) is 29.8 Å². The summed E-state index contributed by atoms with van der Waals surface area (Å²) in [6.07, 6.45) is 4.39. The molecule has 9 heteroatoms. The first kappa shape index (κ1) is 27.1. The van der Waals surface area contributed by atoms with Crippen molar-refractivity contribution in [2.24, 2.45) is 0 Å². The highest BCUT2D eigenvalue weighted by Crippen LogP contribution is 2.39. The van der Waals surface area contributed by atoms with Crippen LogP contribution < -0.4 is 10.2 Å². The number of rotatable bonds is 7. The molecule has 2 N–H and O–H groups in total. The Hall–Kier alpha value is -4.50. The summed E-state index contributed by atoms with van der Waals surface area (Å²) in [5.74, 6) is 0.221. The van der Waals surface area contributed by atoms with Gasteiger partial charge in [-0.15, -0.1) is 0 Å². The van der Waals surface area contributed by atoms with E-state index in [1.54, 1.807) is 6.07 Å². The maximum absolute atomic E-state index is 12.7. The molecule has 1 fully saturated rings. The lowest BCUT2D eigenvalue weighted by atomic mass is 9.97. The van der Waals surface area contributed by atoms with Crippen molar-refractivity contribution in [1.82, 2.24) is 19.9 Å². The van der Waals surface area contributed by atoms with Crippen LogP contribution in [0.25, 0.3) is 33.4 Å². The minimum Gasteiger partial charge on any atom is -0.459 e. The molecule has 0 unspecified atom stereocenters. The summed E-state index contributed by atoms with van der Waals surface area (Å²) in [6, 6.07) is 11.8. The van der Waals surface area contributed by atoms with Gasteiger partial charge in [0.25, 0.3) is 0 Å². The summed E-state index contributed by atoms with van der Waals surface area (Å²) >= 11 is 0. The van der Waals surface area contributed by atoms with Gasteiger partial charge in [0.1, 0.15) is 11.5 Å². The molecule has 0 atom stereocenters. The fourth-order valence-corrected chi connectivity index (χ4v) is 4.83. The minimum atomic E-state index is -0.431. The number of hydrogen-bond acceptors (Lipinski definition) is 7. The average Bonchev–Trinajstić information content (AvgIpc) is 3.33.